The molecule has 1 rings (SSSR count). The number of hydrogen-bond donors (Lipinski definition) is 0. The van der Waals surface area contributed by atoms with Crippen LogP contribution in [0.1, 0.15) is 34.6 Å². The van der Waals surface area contributed by atoms with E-state index >= 15 is 0 Å². The summed E-state index contributed by atoms with van der Waals surface area (Å²) in [7, 11) is -3.26. The van der Waals surface area contributed by atoms with E-state index in [2.05, 4.69) is 5.10 Å². The zero-order chi connectivity index (χ0) is 15.3. The highest BCUT2D eigenvalue weighted by Gasteiger charge is 2.44. The summed E-state index contributed by atoms with van der Waals surface area (Å²) in [6.07, 6.45) is -0.888. The molecule has 0 spiro atoms. The van der Waals surface area contributed by atoms with Crippen LogP contribution in [-0.4, -0.2) is 48.3 Å². The van der Waals surface area contributed by atoms with Crippen LogP contribution in [0.5, 0.6) is 0 Å². The third-order valence-corrected chi connectivity index (χ3v) is 4.82. The predicted octanol–water partition coefficient (Wildman–Crippen LogP) is 2.86. The molecule has 1 fully saturated rings. The molecule has 1 amide bonds. The molecule has 0 saturated carbocycles. The lowest BCUT2D eigenvalue weighted by Gasteiger charge is -2.24. The van der Waals surface area contributed by atoms with E-state index in [0.29, 0.717) is 5.71 Å². The zero-order valence-corrected chi connectivity index (χ0v) is 13.6. The molecule has 2 atom stereocenters. The first-order valence-electron chi connectivity index (χ1n) is 6.72. The molecule has 1 aliphatic heterocycles. The van der Waals surface area contributed by atoms with Gasteiger partial charge in [0.1, 0.15) is 12.1 Å². The van der Waals surface area contributed by atoms with E-state index in [0.717, 1.165) is 0 Å². The average molecular weight is 306 g/mol. The lowest BCUT2D eigenvalue weighted by atomic mass is 10.2. The van der Waals surface area contributed by atoms with Crippen LogP contribution in [-0.2, 0) is 18.3 Å². The van der Waals surface area contributed by atoms with E-state index in [1.165, 1.54) is 5.01 Å². The number of rotatable bonds is 7. The van der Waals surface area contributed by atoms with Crippen molar-refractivity contribution < 1.29 is 23.1 Å². The Morgan fingerprint density at radius 1 is 1.35 bits per heavy atom. The maximum absolute atomic E-state index is 12.6. The number of carbonyl (C=O) groups is 1. The normalized spacial score (nSPS) is 22.9. The fourth-order valence-electron chi connectivity index (χ4n) is 1.95. The third kappa shape index (κ3) is 4.30. The van der Waals surface area contributed by atoms with Gasteiger partial charge in [-0.1, -0.05) is 0 Å². The minimum Gasteiger partial charge on any atom is -0.443 e. The first-order valence-corrected chi connectivity index (χ1v) is 8.45. The summed E-state index contributed by atoms with van der Waals surface area (Å²) >= 11 is 0. The van der Waals surface area contributed by atoms with E-state index in [4.69, 9.17) is 13.8 Å². The summed E-state index contributed by atoms with van der Waals surface area (Å²) in [5, 5.41) is 5.36. The largest absolute Gasteiger partial charge is 0.443 e. The highest BCUT2D eigenvalue weighted by molar-refractivity contribution is 7.53. The van der Waals surface area contributed by atoms with Gasteiger partial charge >= 0.3 is 13.7 Å². The number of amides is 1. The van der Waals surface area contributed by atoms with Crippen LogP contribution >= 0.6 is 7.60 Å². The van der Waals surface area contributed by atoms with Gasteiger partial charge in [0.25, 0.3) is 0 Å². The molecule has 116 valence electrons. The number of carbonyl (C=O) groups excluding carboxylic acids is 1. The van der Waals surface area contributed by atoms with E-state index < -0.39 is 25.8 Å². The number of ether oxygens (including phenoxy) is 1. The molecule has 0 aromatic rings. The maximum atomic E-state index is 12.6. The minimum absolute atomic E-state index is 0.0678. The highest BCUT2D eigenvalue weighted by Crippen LogP contribution is 2.50. The van der Waals surface area contributed by atoms with Crippen molar-refractivity contribution >= 4 is 19.4 Å². The first-order chi connectivity index (χ1) is 9.33. The van der Waals surface area contributed by atoms with Gasteiger partial charge in [0, 0.05) is 5.71 Å². The molecule has 0 aromatic heterocycles. The Morgan fingerprint density at radius 2 is 1.90 bits per heavy atom. The van der Waals surface area contributed by atoms with Crippen LogP contribution in [0, 0.1) is 0 Å². The van der Waals surface area contributed by atoms with Crippen molar-refractivity contribution in [2.45, 2.75) is 46.8 Å². The van der Waals surface area contributed by atoms with Gasteiger partial charge in [-0.25, -0.2) is 4.79 Å². The zero-order valence-electron chi connectivity index (χ0n) is 12.7. The molecule has 1 saturated heterocycles. The molecule has 1 heterocycles. The molecule has 8 heteroatoms. The Morgan fingerprint density at radius 3 is 2.35 bits per heavy atom. The smallest absolute Gasteiger partial charge is 0.431 e. The van der Waals surface area contributed by atoms with E-state index in [9.17, 15) is 9.36 Å². The number of hydrazone groups is 1. The fraction of sp³-hybridized carbons (Fsp3) is 0.833. The minimum atomic E-state index is -3.26. The molecule has 0 aromatic carbocycles. The summed E-state index contributed by atoms with van der Waals surface area (Å²) in [5.74, 6) is 0. The molecule has 1 aliphatic rings. The summed E-state index contributed by atoms with van der Waals surface area (Å²) in [6, 6.07) is -0.457. The quantitative estimate of drug-likeness (QED) is 0.534. The summed E-state index contributed by atoms with van der Waals surface area (Å²) < 4.78 is 28.2. The topological polar surface area (TPSA) is 77.4 Å². The Bertz CT molecular complexity index is 412. The van der Waals surface area contributed by atoms with Crippen molar-refractivity contribution in [2.24, 2.45) is 5.10 Å². The number of cyclic esters (lactones) is 1. The Kier molecular flexibility index (Phi) is 6.17. The average Bonchev–Trinajstić information content (AvgIpc) is 2.56. The van der Waals surface area contributed by atoms with Gasteiger partial charge in [0.05, 0.1) is 19.4 Å². The second kappa shape index (κ2) is 7.20. The van der Waals surface area contributed by atoms with Gasteiger partial charge in [-0.05, 0) is 34.6 Å². The Labute approximate surface area is 119 Å². The Hall–Kier alpha value is -0.910. The van der Waals surface area contributed by atoms with Crippen LogP contribution in [0.2, 0.25) is 0 Å². The summed E-state index contributed by atoms with van der Waals surface area (Å²) in [4.78, 5) is 11.8. The van der Waals surface area contributed by atoms with Gasteiger partial charge < -0.3 is 13.8 Å². The molecule has 7 nitrogen and oxygen atoms in total. The SMILES string of the molecule is CCOP(=O)(C[C@H]1[C@H](C)OC(=O)N1N=C(C)C)OCC. The van der Waals surface area contributed by atoms with Crippen LogP contribution in [0.4, 0.5) is 4.79 Å². The van der Waals surface area contributed by atoms with Gasteiger partial charge in [-0.2, -0.15) is 10.1 Å². The second-order valence-electron chi connectivity index (χ2n) is 4.68. The van der Waals surface area contributed by atoms with Gasteiger partial charge in [0.2, 0.25) is 0 Å². The van der Waals surface area contributed by atoms with Gasteiger partial charge in [-0.3, -0.25) is 4.57 Å². The van der Waals surface area contributed by atoms with Crippen LogP contribution in [0.25, 0.3) is 0 Å². The maximum Gasteiger partial charge on any atom is 0.431 e. The number of hydrogen-bond acceptors (Lipinski definition) is 6. The Balaban J connectivity index is 2.93. The summed E-state index contributed by atoms with van der Waals surface area (Å²) in [6.45, 7) is 9.35. The van der Waals surface area contributed by atoms with Crippen LogP contribution in [0.3, 0.4) is 0 Å². The highest BCUT2D eigenvalue weighted by atomic mass is 31.2. The van der Waals surface area contributed by atoms with E-state index in [-0.39, 0.29) is 19.4 Å². The van der Waals surface area contributed by atoms with E-state index in [1.54, 1.807) is 34.6 Å². The lowest BCUT2D eigenvalue weighted by Crippen LogP contribution is -2.36. The molecule has 0 radical (unpaired) electrons. The first kappa shape index (κ1) is 17.1. The molecular formula is C12H23N2O5P. The molecule has 0 unspecified atom stereocenters. The predicted molar refractivity (Wildman–Crippen MR) is 76.1 cm³/mol. The molecule has 0 aliphatic carbocycles. The molecule has 0 N–H and O–H groups in total. The van der Waals surface area contributed by atoms with Crippen molar-refractivity contribution in [3.05, 3.63) is 0 Å². The van der Waals surface area contributed by atoms with Gasteiger partial charge in [0.15, 0.2) is 0 Å². The van der Waals surface area contributed by atoms with Gasteiger partial charge in [-0.15, -0.1) is 0 Å². The molecular weight excluding hydrogens is 283 g/mol. The number of nitrogens with zero attached hydrogens (tertiary/aromatic N) is 2. The molecule has 0 bridgehead atoms. The second-order valence-corrected chi connectivity index (χ2v) is 6.78. The van der Waals surface area contributed by atoms with Crippen LogP contribution < -0.4 is 0 Å². The third-order valence-electron chi connectivity index (χ3n) is 2.70. The molecule has 20 heavy (non-hydrogen) atoms. The van der Waals surface area contributed by atoms with Crippen LogP contribution in [0.15, 0.2) is 5.10 Å². The standard InChI is InChI=1S/C12H23N2O5P/c1-6-17-20(16,18-7-2)8-11-10(5)19-12(15)14(11)13-9(3)4/h10-11H,6-8H2,1-5H3/t10-,11-/m0/s1. The van der Waals surface area contributed by atoms with Crippen molar-refractivity contribution in [1.82, 2.24) is 5.01 Å². The lowest BCUT2D eigenvalue weighted by molar-refractivity contribution is 0.137. The fourth-order valence-corrected chi connectivity index (χ4v) is 3.93. The van der Waals surface area contributed by atoms with Crippen molar-refractivity contribution in [1.29, 1.82) is 0 Å². The van der Waals surface area contributed by atoms with Crippen molar-refractivity contribution in [2.75, 3.05) is 19.4 Å². The van der Waals surface area contributed by atoms with Crippen molar-refractivity contribution in [3.8, 4) is 0 Å². The van der Waals surface area contributed by atoms with E-state index in [1.807, 2.05) is 0 Å². The van der Waals surface area contributed by atoms with Crippen molar-refractivity contribution in [3.63, 3.8) is 0 Å². The monoisotopic (exact) mass is 306 g/mol. The summed E-state index contributed by atoms with van der Waals surface area (Å²) in [5.41, 5.74) is 0.712.